The molecule has 5 rings (SSSR count). The number of aromatic amines is 1. The fourth-order valence-corrected chi connectivity index (χ4v) is 4.36. The zero-order chi connectivity index (χ0) is 26.0. The minimum absolute atomic E-state index is 0.0510. The predicted octanol–water partition coefficient (Wildman–Crippen LogP) is 5.60. The lowest BCUT2D eigenvalue weighted by Crippen LogP contribution is -2.29. The summed E-state index contributed by atoms with van der Waals surface area (Å²) in [5.41, 5.74) is 1.93. The van der Waals surface area contributed by atoms with Crippen molar-refractivity contribution in [2.24, 2.45) is 5.92 Å². The average molecular weight is 512 g/mol. The summed E-state index contributed by atoms with van der Waals surface area (Å²) in [6, 6.07) is 7.21. The molecule has 1 fully saturated rings. The number of benzene rings is 1. The maximum absolute atomic E-state index is 13.0. The van der Waals surface area contributed by atoms with Gasteiger partial charge in [-0.15, -0.1) is 0 Å². The van der Waals surface area contributed by atoms with Crippen LogP contribution in [-0.2, 0) is 15.7 Å². The highest BCUT2D eigenvalue weighted by molar-refractivity contribution is 5.80. The van der Waals surface area contributed by atoms with Gasteiger partial charge in [0.25, 0.3) is 0 Å². The lowest BCUT2D eigenvalue weighted by atomic mass is 9.87. The van der Waals surface area contributed by atoms with E-state index in [4.69, 9.17) is 9.47 Å². The van der Waals surface area contributed by atoms with Gasteiger partial charge in [-0.3, -0.25) is 9.78 Å². The molecular weight excluding hydrogens is 487 g/mol. The minimum atomic E-state index is -4.43. The number of ether oxygens (including phenoxy) is 2. The molecule has 192 valence electrons. The number of hydrogen-bond donors (Lipinski definition) is 1. The van der Waals surface area contributed by atoms with Crippen LogP contribution in [0.5, 0.6) is 6.01 Å². The first-order valence-electron chi connectivity index (χ1n) is 12.0. The van der Waals surface area contributed by atoms with E-state index < -0.39 is 11.7 Å². The average Bonchev–Trinajstić information content (AvgIpc) is 3.33. The van der Waals surface area contributed by atoms with Crippen molar-refractivity contribution >= 4 is 17.0 Å². The van der Waals surface area contributed by atoms with Gasteiger partial charge in [0.15, 0.2) is 0 Å². The standard InChI is InChI=1S/C26H24F3N5O3/c1-2-36-24(35)15-3-7-19(8-4-15)37-25-31-13-17(14-32-25)20-9-5-16(12-30-20)23-33-21-10-6-18(26(27,28)29)11-22(21)34-23/h5-6,9-15,19H,2-4,7-8H2,1H3,(H,33,34)/t15-,19-. The Bertz CT molecular complexity index is 1380. The summed E-state index contributed by atoms with van der Waals surface area (Å²) in [4.78, 5) is 32.2. The predicted molar refractivity (Wildman–Crippen MR) is 128 cm³/mol. The molecule has 0 aliphatic heterocycles. The number of rotatable bonds is 6. The number of H-pyrrole nitrogens is 1. The van der Waals surface area contributed by atoms with E-state index in [-0.39, 0.29) is 29.5 Å². The van der Waals surface area contributed by atoms with Crippen LogP contribution in [0.25, 0.3) is 33.7 Å². The van der Waals surface area contributed by atoms with Crippen LogP contribution >= 0.6 is 0 Å². The maximum atomic E-state index is 13.0. The first-order chi connectivity index (χ1) is 17.8. The van der Waals surface area contributed by atoms with E-state index in [0.29, 0.717) is 47.6 Å². The Hall–Kier alpha value is -4.02. The quantitative estimate of drug-likeness (QED) is 0.336. The third kappa shape index (κ3) is 5.55. The summed E-state index contributed by atoms with van der Waals surface area (Å²) in [6.45, 7) is 2.19. The van der Waals surface area contributed by atoms with Crippen LogP contribution in [0.1, 0.15) is 38.2 Å². The second kappa shape index (κ2) is 10.2. The highest BCUT2D eigenvalue weighted by Crippen LogP contribution is 2.32. The van der Waals surface area contributed by atoms with E-state index >= 15 is 0 Å². The van der Waals surface area contributed by atoms with E-state index in [1.165, 1.54) is 6.07 Å². The van der Waals surface area contributed by atoms with Crippen molar-refractivity contribution < 1.29 is 27.4 Å². The number of carbonyl (C=O) groups excluding carboxylic acids is 1. The molecule has 37 heavy (non-hydrogen) atoms. The molecule has 0 bridgehead atoms. The van der Waals surface area contributed by atoms with Crippen LogP contribution in [0, 0.1) is 5.92 Å². The van der Waals surface area contributed by atoms with Crippen molar-refractivity contribution in [3.05, 3.63) is 54.5 Å². The normalized spacial score (nSPS) is 18.1. The number of halogens is 3. The van der Waals surface area contributed by atoms with Gasteiger partial charge in [-0.05, 0) is 62.9 Å². The Labute approximate surface area is 210 Å². The molecule has 4 aromatic rings. The molecule has 3 heterocycles. The van der Waals surface area contributed by atoms with Crippen molar-refractivity contribution in [3.63, 3.8) is 0 Å². The van der Waals surface area contributed by atoms with Crippen LogP contribution in [0.2, 0.25) is 0 Å². The number of nitrogens with zero attached hydrogens (tertiary/aromatic N) is 4. The highest BCUT2D eigenvalue weighted by atomic mass is 19.4. The number of imidazole rings is 1. The van der Waals surface area contributed by atoms with Crippen LogP contribution in [0.4, 0.5) is 13.2 Å². The number of pyridine rings is 1. The Morgan fingerprint density at radius 2 is 1.73 bits per heavy atom. The monoisotopic (exact) mass is 511 g/mol. The number of esters is 1. The number of nitrogens with one attached hydrogen (secondary N) is 1. The molecule has 0 atom stereocenters. The molecule has 11 heteroatoms. The molecule has 3 aromatic heterocycles. The fourth-order valence-electron chi connectivity index (χ4n) is 4.36. The van der Waals surface area contributed by atoms with Crippen molar-refractivity contribution in [2.45, 2.75) is 44.9 Å². The Morgan fingerprint density at radius 1 is 1.00 bits per heavy atom. The van der Waals surface area contributed by atoms with E-state index in [0.717, 1.165) is 25.0 Å². The van der Waals surface area contributed by atoms with E-state index in [1.54, 1.807) is 37.6 Å². The van der Waals surface area contributed by atoms with Gasteiger partial charge in [0.05, 0.1) is 34.8 Å². The lowest BCUT2D eigenvalue weighted by Gasteiger charge is -2.26. The topological polar surface area (TPSA) is 103 Å². The molecule has 0 unspecified atom stereocenters. The number of carbonyl (C=O) groups is 1. The van der Waals surface area contributed by atoms with Crippen molar-refractivity contribution in [3.8, 4) is 28.7 Å². The number of fused-ring (bicyclic) bond motifs is 1. The Morgan fingerprint density at radius 3 is 2.38 bits per heavy atom. The van der Waals surface area contributed by atoms with Crippen molar-refractivity contribution in [2.75, 3.05) is 6.61 Å². The summed E-state index contributed by atoms with van der Waals surface area (Å²) in [6.07, 6.45) is 3.24. The minimum Gasteiger partial charge on any atom is -0.466 e. The van der Waals surface area contributed by atoms with Crippen LogP contribution in [0.15, 0.2) is 48.9 Å². The van der Waals surface area contributed by atoms with Crippen molar-refractivity contribution in [1.82, 2.24) is 24.9 Å². The number of hydrogen-bond acceptors (Lipinski definition) is 7. The van der Waals surface area contributed by atoms with Crippen LogP contribution in [0.3, 0.4) is 0 Å². The molecule has 1 aliphatic carbocycles. The highest BCUT2D eigenvalue weighted by Gasteiger charge is 2.31. The molecule has 1 aromatic carbocycles. The Kier molecular flexibility index (Phi) is 6.77. The van der Waals surface area contributed by atoms with Gasteiger partial charge in [-0.25, -0.2) is 15.0 Å². The van der Waals surface area contributed by atoms with E-state index in [1.807, 2.05) is 0 Å². The third-order valence-electron chi connectivity index (χ3n) is 6.34. The van der Waals surface area contributed by atoms with E-state index in [2.05, 4.69) is 24.9 Å². The molecule has 0 amide bonds. The summed E-state index contributed by atoms with van der Waals surface area (Å²) < 4.78 is 49.9. The molecule has 8 nitrogen and oxygen atoms in total. The third-order valence-corrected chi connectivity index (χ3v) is 6.34. The van der Waals surface area contributed by atoms with Gasteiger partial charge in [0, 0.05) is 29.7 Å². The zero-order valence-electron chi connectivity index (χ0n) is 20.0. The second-order valence-corrected chi connectivity index (χ2v) is 8.85. The first-order valence-corrected chi connectivity index (χ1v) is 12.0. The number of alkyl halides is 3. The lowest BCUT2D eigenvalue weighted by molar-refractivity contribution is -0.149. The van der Waals surface area contributed by atoms with Crippen molar-refractivity contribution in [1.29, 1.82) is 0 Å². The fraction of sp³-hybridized carbons (Fsp3) is 0.346. The molecule has 1 N–H and O–H groups in total. The summed E-state index contributed by atoms with van der Waals surface area (Å²) in [5, 5.41) is 0. The van der Waals surface area contributed by atoms with Crippen LogP contribution < -0.4 is 4.74 Å². The summed E-state index contributed by atoms with van der Waals surface area (Å²) in [7, 11) is 0. The summed E-state index contributed by atoms with van der Waals surface area (Å²) >= 11 is 0. The molecule has 0 saturated heterocycles. The molecular formula is C26H24F3N5O3. The SMILES string of the molecule is CCOC(=O)[C@H]1CC[C@H](Oc2ncc(-c3ccc(-c4nc5cc(C(F)(F)F)ccc5[nH]4)cn3)cn2)CC1. The van der Waals surface area contributed by atoms with E-state index in [9.17, 15) is 18.0 Å². The van der Waals surface area contributed by atoms with Gasteiger partial charge >= 0.3 is 18.2 Å². The summed E-state index contributed by atoms with van der Waals surface area (Å²) in [5.74, 6) is 0.205. The maximum Gasteiger partial charge on any atom is 0.416 e. The number of aromatic nitrogens is 5. The zero-order valence-corrected chi connectivity index (χ0v) is 20.0. The van der Waals surface area contributed by atoms with Gasteiger partial charge < -0.3 is 14.5 Å². The molecule has 0 radical (unpaired) electrons. The van der Waals surface area contributed by atoms with Gasteiger partial charge in [-0.2, -0.15) is 13.2 Å². The molecule has 0 spiro atoms. The second-order valence-electron chi connectivity index (χ2n) is 8.85. The Balaban J connectivity index is 1.22. The van der Waals surface area contributed by atoms with Crippen LogP contribution in [-0.4, -0.2) is 43.6 Å². The smallest absolute Gasteiger partial charge is 0.416 e. The molecule has 1 saturated carbocycles. The van der Waals surface area contributed by atoms with Gasteiger partial charge in [0.2, 0.25) is 0 Å². The first kappa shape index (κ1) is 24.7. The van der Waals surface area contributed by atoms with Gasteiger partial charge in [0.1, 0.15) is 11.9 Å². The van der Waals surface area contributed by atoms with Gasteiger partial charge in [-0.1, -0.05) is 0 Å². The molecule has 1 aliphatic rings. The largest absolute Gasteiger partial charge is 0.466 e.